The van der Waals surface area contributed by atoms with Crippen LogP contribution in [0.15, 0.2) is 36.5 Å². The van der Waals surface area contributed by atoms with E-state index in [9.17, 15) is 8.78 Å². The number of halogens is 2. The average molecular weight is 261 g/mol. The average Bonchev–Trinajstić information content (AvgIpc) is 3.19. The minimum atomic E-state index is -0.605. The van der Waals surface area contributed by atoms with Gasteiger partial charge in [0.15, 0.2) is 0 Å². The Morgan fingerprint density at radius 3 is 2.58 bits per heavy atom. The van der Waals surface area contributed by atoms with Crippen molar-refractivity contribution in [1.82, 2.24) is 4.98 Å². The Morgan fingerprint density at radius 1 is 1.16 bits per heavy atom. The molecule has 0 spiro atoms. The van der Waals surface area contributed by atoms with Crippen molar-refractivity contribution in [3.63, 3.8) is 0 Å². The summed E-state index contributed by atoms with van der Waals surface area (Å²) in [5, 5.41) is 0. The van der Waals surface area contributed by atoms with Crippen LogP contribution in [-0.2, 0) is 0 Å². The highest BCUT2D eigenvalue weighted by molar-refractivity contribution is 5.68. The second kappa shape index (κ2) is 4.96. The lowest BCUT2D eigenvalue weighted by molar-refractivity contribution is 0.290. The van der Waals surface area contributed by atoms with Gasteiger partial charge in [0.1, 0.15) is 11.6 Å². The van der Waals surface area contributed by atoms with Gasteiger partial charge in [-0.2, -0.15) is 0 Å². The third kappa shape index (κ3) is 2.89. The Bertz CT molecular complexity index is 576. The minimum Gasteiger partial charge on any atom is -0.477 e. The summed E-state index contributed by atoms with van der Waals surface area (Å²) in [6, 6.07) is 6.89. The molecule has 2 nitrogen and oxygen atoms in total. The molecule has 0 aliphatic heterocycles. The normalized spacial score (nSPS) is 14.4. The van der Waals surface area contributed by atoms with Crippen LogP contribution in [-0.4, -0.2) is 11.6 Å². The first kappa shape index (κ1) is 12.1. The van der Waals surface area contributed by atoms with Crippen LogP contribution in [0, 0.1) is 17.6 Å². The molecule has 4 heteroatoms. The van der Waals surface area contributed by atoms with Crippen molar-refractivity contribution in [3.8, 4) is 17.0 Å². The second-order valence-corrected chi connectivity index (χ2v) is 4.77. The number of nitrogens with zero attached hydrogens (tertiary/aromatic N) is 1. The molecule has 0 unspecified atom stereocenters. The number of rotatable bonds is 4. The Balaban J connectivity index is 1.93. The standard InChI is InChI=1S/C15H13F2NO/c16-12-6-11(7-13(17)8-12)14-2-1-5-18-15(14)19-9-10-3-4-10/h1-2,5-8,10H,3-4,9H2. The first-order chi connectivity index (χ1) is 9.22. The third-order valence-corrected chi connectivity index (χ3v) is 3.10. The summed E-state index contributed by atoms with van der Waals surface area (Å²) in [7, 11) is 0. The predicted octanol–water partition coefficient (Wildman–Crippen LogP) is 3.82. The second-order valence-electron chi connectivity index (χ2n) is 4.77. The zero-order chi connectivity index (χ0) is 13.2. The van der Waals surface area contributed by atoms with Gasteiger partial charge in [0.25, 0.3) is 0 Å². The summed E-state index contributed by atoms with van der Waals surface area (Å²) in [5.41, 5.74) is 1.05. The highest BCUT2D eigenvalue weighted by atomic mass is 19.1. The highest BCUT2D eigenvalue weighted by Crippen LogP contribution is 2.32. The molecule has 1 saturated carbocycles. The summed E-state index contributed by atoms with van der Waals surface area (Å²) < 4.78 is 32.2. The molecule has 1 aliphatic carbocycles. The number of aromatic nitrogens is 1. The number of ether oxygens (including phenoxy) is 1. The fourth-order valence-electron chi connectivity index (χ4n) is 1.92. The van der Waals surface area contributed by atoms with E-state index in [1.54, 1.807) is 18.3 Å². The molecule has 0 amide bonds. The lowest BCUT2D eigenvalue weighted by Crippen LogP contribution is -2.02. The summed E-state index contributed by atoms with van der Waals surface area (Å²) >= 11 is 0. The van der Waals surface area contributed by atoms with Crippen molar-refractivity contribution in [2.24, 2.45) is 5.92 Å². The molecular weight excluding hydrogens is 248 g/mol. The predicted molar refractivity (Wildman–Crippen MR) is 67.8 cm³/mol. The van der Waals surface area contributed by atoms with Crippen LogP contribution in [0.4, 0.5) is 8.78 Å². The van der Waals surface area contributed by atoms with Gasteiger partial charge in [0.05, 0.1) is 6.61 Å². The molecule has 0 radical (unpaired) electrons. The fourth-order valence-corrected chi connectivity index (χ4v) is 1.92. The Labute approximate surface area is 110 Å². The molecule has 1 aromatic heterocycles. The highest BCUT2D eigenvalue weighted by Gasteiger charge is 2.22. The van der Waals surface area contributed by atoms with Crippen molar-refractivity contribution in [1.29, 1.82) is 0 Å². The summed E-state index contributed by atoms with van der Waals surface area (Å²) in [6.07, 6.45) is 3.97. The van der Waals surface area contributed by atoms with E-state index in [1.807, 2.05) is 0 Å². The summed E-state index contributed by atoms with van der Waals surface area (Å²) in [5.74, 6) is -0.183. The molecule has 2 aromatic rings. The summed E-state index contributed by atoms with van der Waals surface area (Å²) in [4.78, 5) is 4.15. The van der Waals surface area contributed by atoms with E-state index < -0.39 is 11.6 Å². The number of hydrogen-bond acceptors (Lipinski definition) is 2. The van der Waals surface area contributed by atoms with Crippen LogP contribution in [0.1, 0.15) is 12.8 Å². The monoisotopic (exact) mass is 261 g/mol. The molecule has 3 rings (SSSR count). The van der Waals surface area contributed by atoms with E-state index in [-0.39, 0.29) is 0 Å². The van der Waals surface area contributed by atoms with Crippen molar-refractivity contribution < 1.29 is 13.5 Å². The Morgan fingerprint density at radius 2 is 1.89 bits per heavy atom. The largest absolute Gasteiger partial charge is 0.477 e. The van der Waals surface area contributed by atoms with Crippen LogP contribution in [0.5, 0.6) is 5.88 Å². The zero-order valence-corrected chi connectivity index (χ0v) is 10.3. The number of benzene rings is 1. The molecule has 1 aliphatic rings. The maximum atomic E-state index is 13.3. The van der Waals surface area contributed by atoms with Crippen LogP contribution in [0.3, 0.4) is 0 Å². The lowest BCUT2D eigenvalue weighted by Gasteiger charge is -2.10. The minimum absolute atomic E-state index is 0.430. The first-order valence-electron chi connectivity index (χ1n) is 6.26. The molecule has 0 saturated heterocycles. The van der Waals surface area contributed by atoms with Crippen LogP contribution >= 0.6 is 0 Å². The molecule has 98 valence electrons. The van der Waals surface area contributed by atoms with Crippen molar-refractivity contribution >= 4 is 0 Å². The lowest BCUT2D eigenvalue weighted by atomic mass is 10.1. The molecular formula is C15H13F2NO. The van der Waals surface area contributed by atoms with Crippen LogP contribution < -0.4 is 4.74 Å². The molecule has 19 heavy (non-hydrogen) atoms. The van der Waals surface area contributed by atoms with Gasteiger partial charge in [-0.3, -0.25) is 0 Å². The van der Waals surface area contributed by atoms with Gasteiger partial charge < -0.3 is 4.74 Å². The van der Waals surface area contributed by atoms with E-state index in [0.717, 1.165) is 6.07 Å². The summed E-state index contributed by atoms with van der Waals surface area (Å²) in [6.45, 7) is 0.613. The van der Waals surface area contributed by atoms with Crippen LogP contribution in [0.2, 0.25) is 0 Å². The quantitative estimate of drug-likeness (QED) is 0.834. The molecule has 0 N–H and O–H groups in total. The maximum Gasteiger partial charge on any atom is 0.221 e. The smallest absolute Gasteiger partial charge is 0.221 e. The van der Waals surface area contributed by atoms with Crippen molar-refractivity contribution in [2.45, 2.75) is 12.8 Å². The molecule has 0 atom stereocenters. The van der Waals surface area contributed by atoms with E-state index in [4.69, 9.17) is 4.74 Å². The van der Waals surface area contributed by atoms with Crippen molar-refractivity contribution in [3.05, 3.63) is 48.2 Å². The Kier molecular flexibility index (Phi) is 3.15. The van der Waals surface area contributed by atoms with Gasteiger partial charge in [0.2, 0.25) is 5.88 Å². The number of pyridine rings is 1. The zero-order valence-electron chi connectivity index (χ0n) is 10.3. The van der Waals surface area contributed by atoms with E-state index in [2.05, 4.69) is 4.98 Å². The van der Waals surface area contributed by atoms with Crippen molar-refractivity contribution in [2.75, 3.05) is 6.61 Å². The molecule has 1 heterocycles. The Hall–Kier alpha value is -1.97. The molecule has 1 fully saturated rings. The van der Waals surface area contributed by atoms with Gasteiger partial charge in [-0.25, -0.2) is 13.8 Å². The topological polar surface area (TPSA) is 22.1 Å². The van der Waals surface area contributed by atoms with Gasteiger partial charge >= 0.3 is 0 Å². The van der Waals surface area contributed by atoms with E-state index >= 15 is 0 Å². The third-order valence-electron chi connectivity index (χ3n) is 3.10. The molecule has 0 bridgehead atoms. The number of hydrogen-bond donors (Lipinski definition) is 0. The van der Waals surface area contributed by atoms with E-state index in [0.29, 0.717) is 29.5 Å². The van der Waals surface area contributed by atoms with Gasteiger partial charge in [-0.1, -0.05) is 0 Å². The van der Waals surface area contributed by atoms with Gasteiger partial charge in [0, 0.05) is 17.8 Å². The molecule has 1 aromatic carbocycles. The SMILES string of the molecule is Fc1cc(F)cc(-c2cccnc2OCC2CC2)c1. The van der Waals surface area contributed by atoms with Crippen LogP contribution in [0.25, 0.3) is 11.1 Å². The maximum absolute atomic E-state index is 13.3. The van der Waals surface area contributed by atoms with Gasteiger partial charge in [-0.15, -0.1) is 0 Å². The van der Waals surface area contributed by atoms with Gasteiger partial charge in [-0.05, 0) is 48.6 Å². The van der Waals surface area contributed by atoms with E-state index in [1.165, 1.54) is 25.0 Å². The first-order valence-corrected chi connectivity index (χ1v) is 6.26. The fraction of sp³-hybridized carbons (Fsp3) is 0.267.